The van der Waals surface area contributed by atoms with Crippen LogP contribution in [0.2, 0.25) is 5.02 Å². The van der Waals surface area contributed by atoms with Gasteiger partial charge in [-0.1, -0.05) is 22.9 Å². The Hall–Kier alpha value is -1.63. The molecule has 0 aliphatic carbocycles. The van der Waals surface area contributed by atoms with Crippen LogP contribution in [0, 0.1) is 0 Å². The van der Waals surface area contributed by atoms with Crippen LogP contribution in [0.25, 0.3) is 10.2 Å². The molecule has 0 aliphatic rings. The number of aromatic nitrogens is 1. The average Bonchev–Trinajstić information content (AvgIpc) is 2.80. The summed E-state index contributed by atoms with van der Waals surface area (Å²) in [6.45, 7) is 0. The van der Waals surface area contributed by atoms with E-state index < -0.39 is 0 Å². The number of hydrogen-bond acceptors (Lipinski definition) is 4. The summed E-state index contributed by atoms with van der Waals surface area (Å²) in [7, 11) is 0. The van der Waals surface area contributed by atoms with Crippen LogP contribution >= 0.6 is 38.9 Å². The van der Waals surface area contributed by atoms with Gasteiger partial charge in [-0.05, 0) is 52.3 Å². The van der Waals surface area contributed by atoms with E-state index in [1.54, 1.807) is 30.3 Å². The summed E-state index contributed by atoms with van der Waals surface area (Å²) in [5.74, 6) is -0.199. The molecule has 4 nitrogen and oxygen atoms in total. The Balaban J connectivity index is 1.90. The van der Waals surface area contributed by atoms with Crippen LogP contribution in [-0.4, -0.2) is 10.9 Å². The van der Waals surface area contributed by atoms with Gasteiger partial charge >= 0.3 is 0 Å². The maximum absolute atomic E-state index is 12.2. The van der Waals surface area contributed by atoms with Crippen molar-refractivity contribution in [1.29, 1.82) is 0 Å². The summed E-state index contributed by atoms with van der Waals surface area (Å²) in [4.78, 5) is 16.4. The zero-order valence-electron chi connectivity index (χ0n) is 10.6. The zero-order valence-corrected chi connectivity index (χ0v) is 13.7. The summed E-state index contributed by atoms with van der Waals surface area (Å²) in [6, 6.07) is 10.4. The summed E-state index contributed by atoms with van der Waals surface area (Å²) < 4.78 is 1.70. The van der Waals surface area contributed by atoms with E-state index in [0.29, 0.717) is 21.4 Å². The number of fused-ring (bicyclic) bond motifs is 1. The molecule has 2 aromatic carbocycles. The second-order valence-corrected chi connectivity index (χ2v) is 6.67. The van der Waals surface area contributed by atoms with Crippen LogP contribution in [0.15, 0.2) is 40.9 Å². The van der Waals surface area contributed by atoms with Crippen molar-refractivity contribution in [1.82, 2.24) is 4.98 Å². The van der Waals surface area contributed by atoms with E-state index in [-0.39, 0.29) is 5.91 Å². The third-order valence-electron chi connectivity index (χ3n) is 2.83. The normalized spacial score (nSPS) is 10.8. The fraction of sp³-hybridized carbons (Fsp3) is 0. The van der Waals surface area contributed by atoms with Crippen LogP contribution in [0.5, 0.6) is 0 Å². The lowest BCUT2D eigenvalue weighted by Crippen LogP contribution is -2.11. The molecule has 1 aromatic heterocycles. The van der Waals surface area contributed by atoms with E-state index >= 15 is 0 Å². The highest BCUT2D eigenvalue weighted by Crippen LogP contribution is 2.33. The lowest BCUT2D eigenvalue weighted by molar-refractivity contribution is 0.102. The molecule has 21 heavy (non-hydrogen) atoms. The summed E-state index contributed by atoms with van der Waals surface area (Å²) in [5, 5.41) is 3.93. The number of thiazole rings is 1. The zero-order chi connectivity index (χ0) is 15.0. The van der Waals surface area contributed by atoms with E-state index in [4.69, 9.17) is 17.3 Å². The number of nitrogens with one attached hydrogen (secondary N) is 1. The van der Waals surface area contributed by atoms with Gasteiger partial charge in [0.05, 0.1) is 10.2 Å². The molecule has 0 atom stereocenters. The fourth-order valence-electron chi connectivity index (χ4n) is 1.88. The molecule has 0 saturated heterocycles. The smallest absolute Gasteiger partial charge is 0.255 e. The third kappa shape index (κ3) is 3.02. The number of halogens is 2. The van der Waals surface area contributed by atoms with Crippen LogP contribution in [-0.2, 0) is 0 Å². The molecule has 0 aliphatic heterocycles. The first kappa shape index (κ1) is 14.3. The molecule has 1 heterocycles. The van der Waals surface area contributed by atoms with Gasteiger partial charge in [-0.15, -0.1) is 0 Å². The first-order valence-corrected chi connectivity index (χ1v) is 7.94. The number of rotatable bonds is 2. The SMILES string of the molecule is Nc1nc2c(Br)cc(NC(=O)c3ccc(Cl)cc3)cc2s1. The van der Waals surface area contributed by atoms with Gasteiger partial charge in [0.2, 0.25) is 0 Å². The highest BCUT2D eigenvalue weighted by atomic mass is 79.9. The van der Waals surface area contributed by atoms with Crippen molar-refractivity contribution in [2.24, 2.45) is 0 Å². The van der Waals surface area contributed by atoms with Gasteiger partial charge in [0.1, 0.15) is 0 Å². The molecule has 7 heteroatoms. The number of carbonyl (C=O) groups is 1. The molecule has 1 amide bonds. The lowest BCUT2D eigenvalue weighted by Gasteiger charge is -2.06. The number of nitrogen functional groups attached to an aromatic ring is 1. The van der Waals surface area contributed by atoms with Gasteiger partial charge in [0, 0.05) is 20.7 Å². The van der Waals surface area contributed by atoms with Gasteiger partial charge in [-0.3, -0.25) is 4.79 Å². The van der Waals surface area contributed by atoms with Gasteiger partial charge in [-0.25, -0.2) is 4.98 Å². The Morgan fingerprint density at radius 3 is 2.71 bits per heavy atom. The van der Waals surface area contributed by atoms with Crippen LogP contribution in [0.1, 0.15) is 10.4 Å². The Bertz CT molecular complexity index is 832. The Labute approximate surface area is 138 Å². The van der Waals surface area contributed by atoms with Gasteiger partial charge in [-0.2, -0.15) is 0 Å². The number of amides is 1. The standard InChI is InChI=1S/C14H9BrClN3OS/c15-10-5-9(6-11-12(10)19-14(17)21-11)18-13(20)7-1-3-8(16)4-2-7/h1-6H,(H2,17,19)(H,18,20). The highest BCUT2D eigenvalue weighted by molar-refractivity contribution is 9.10. The highest BCUT2D eigenvalue weighted by Gasteiger charge is 2.10. The van der Waals surface area contributed by atoms with Crippen LogP contribution < -0.4 is 11.1 Å². The molecule has 3 aromatic rings. The van der Waals surface area contributed by atoms with Crippen molar-refractivity contribution < 1.29 is 4.79 Å². The third-order valence-corrected chi connectivity index (χ3v) is 4.52. The summed E-state index contributed by atoms with van der Waals surface area (Å²) in [6.07, 6.45) is 0. The fourth-order valence-corrected chi connectivity index (χ4v) is 3.49. The average molecular weight is 383 g/mol. The molecular formula is C14H9BrClN3OS. The van der Waals surface area contributed by atoms with Crippen molar-refractivity contribution in [3.05, 3.63) is 51.5 Å². The molecule has 0 fully saturated rings. The van der Waals surface area contributed by atoms with Gasteiger partial charge in [0.15, 0.2) is 5.13 Å². The minimum Gasteiger partial charge on any atom is -0.375 e. The van der Waals surface area contributed by atoms with Crippen molar-refractivity contribution in [2.75, 3.05) is 11.1 Å². The van der Waals surface area contributed by atoms with E-state index in [1.165, 1.54) is 11.3 Å². The topological polar surface area (TPSA) is 68.0 Å². The number of benzene rings is 2. The van der Waals surface area contributed by atoms with Crippen molar-refractivity contribution in [2.45, 2.75) is 0 Å². The largest absolute Gasteiger partial charge is 0.375 e. The Kier molecular flexibility index (Phi) is 3.84. The van der Waals surface area contributed by atoms with Crippen molar-refractivity contribution in [3.8, 4) is 0 Å². The number of carbonyl (C=O) groups excluding carboxylic acids is 1. The molecule has 0 radical (unpaired) electrons. The first-order chi connectivity index (χ1) is 10.0. The predicted octanol–water partition coefficient (Wildman–Crippen LogP) is 4.55. The molecular weight excluding hydrogens is 374 g/mol. The van der Waals surface area contributed by atoms with Crippen molar-refractivity contribution >= 4 is 65.8 Å². The molecule has 0 spiro atoms. The second-order valence-electron chi connectivity index (χ2n) is 4.32. The summed E-state index contributed by atoms with van der Waals surface area (Å²) in [5.41, 5.74) is 7.72. The van der Waals surface area contributed by atoms with Crippen molar-refractivity contribution in [3.63, 3.8) is 0 Å². The Morgan fingerprint density at radius 2 is 2.00 bits per heavy atom. The predicted molar refractivity (Wildman–Crippen MR) is 91.1 cm³/mol. The maximum atomic E-state index is 12.2. The van der Waals surface area contributed by atoms with Gasteiger partial charge in [0.25, 0.3) is 5.91 Å². The second kappa shape index (κ2) is 5.63. The number of anilines is 2. The molecule has 3 rings (SSSR count). The molecule has 0 unspecified atom stereocenters. The number of hydrogen-bond donors (Lipinski definition) is 2. The van der Waals surface area contributed by atoms with E-state index in [0.717, 1.165) is 14.7 Å². The monoisotopic (exact) mass is 381 g/mol. The molecule has 0 bridgehead atoms. The maximum Gasteiger partial charge on any atom is 0.255 e. The quantitative estimate of drug-likeness (QED) is 0.683. The number of nitrogens with two attached hydrogens (primary N) is 1. The Morgan fingerprint density at radius 1 is 1.29 bits per heavy atom. The number of nitrogens with zero attached hydrogens (tertiary/aromatic N) is 1. The first-order valence-electron chi connectivity index (χ1n) is 5.95. The minimum atomic E-state index is -0.199. The van der Waals surface area contributed by atoms with E-state index in [1.807, 2.05) is 6.07 Å². The van der Waals surface area contributed by atoms with Gasteiger partial charge < -0.3 is 11.1 Å². The van der Waals surface area contributed by atoms with E-state index in [9.17, 15) is 4.79 Å². The molecule has 0 saturated carbocycles. The summed E-state index contributed by atoms with van der Waals surface area (Å²) >= 11 is 10.6. The van der Waals surface area contributed by atoms with Crippen LogP contribution in [0.4, 0.5) is 10.8 Å². The molecule has 3 N–H and O–H groups in total. The van der Waals surface area contributed by atoms with Crippen LogP contribution in [0.3, 0.4) is 0 Å². The molecule has 106 valence electrons. The van der Waals surface area contributed by atoms with E-state index in [2.05, 4.69) is 26.2 Å². The lowest BCUT2D eigenvalue weighted by atomic mass is 10.2. The minimum absolute atomic E-state index is 0.199.